The number of hydrogen-bond donors (Lipinski definition) is 1. The van der Waals surface area contributed by atoms with Crippen molar-refractivity contribution in [3.8, 4) is 0 Å². The zero-order valence-corrected chi connectivity index (χ0v) is 11.6. The van der Waals surface area contributed by atoms with Gasteiger partial charge in [0.25, 0.3) is 0 Å². The van der Waals surface area contributed by atoms with Gasteiger partial charge in [-0.1, -0.05) is 19.3 Å². The molecule has 1 aliphatic heterocycles. The Bertz CT molecular complexity index is 243. The molecule has 2 N–H and O–H groups in total. The largest absolute Gasteiger partial charge is 0.387 e. The minimum Gasteiger partial charge on any atom is -0.387 e. The van der Waals surface area contributed by atoms with Gasteiger partial charge in [0.1, 0.15) is 0 Å². The predicted molar refractivity (Wildman–Crippen MR) is 76.8 cm³/mol. The summed E-state index contributed by atoms with van der Waals surface area (Å²) in [5.74, 6) is 4.07. The summed E-state index contributed by atoms with van der Waals surface area (Å²) < 4.78 is 0. The van der Waals surface area contributed by atoms with Gasteiger partial charge in [-0.25, -0.2) is 0 Å². The van der Waals surface area contributed by atoms with E-state index < -0.39 is 0 Å². The zero-order valence-electron chi connectivity index (χ0n) is 10.7. The Kier molecular flexibility index (Phi) is 5.65. The summed E-state index contributed by atoms with van der Waals surface area (Å²) in [6.45, 7) is 4.44. The molecule has 0 unspecified atom stereocenters. The molecule has 98 valence electrons. The first-order valence-electron chi connectivity index (χ1n) is 6.96. The van der Waals surface area contributed by atoms with Crippen molar-refractivity contribution in [2.45, 2.75) is 32.1 Å². The van der Waals surface area contributed by atoms with Gasteiger partial charge in [-0.3, -0.25) is 9.89 Å². The highest BCUT2D eigenvalue weighted by atomic mass is 32.2. The maximum absolute atomic E-state index is 6.09. The van der Waals surface area contributed by atoms with Gasteiger partial charge in [0.05, 0.1) is 12.4 Å². The maximum Gasteiger partial charge on any atom is 0.0968 e. The molecule has 1 aliphatic carbocycles. The second kappa shape index (κ2) is 7.27. The van der Waals surface area contributed by atoms with E-state index in [9.17, 15) is 0 Å². The molecule has 0 atom stereocenters. The van der Waals surface area contributed by atoms with E-state index in [4.69, 9.17) is 5.73 Å². The molecule has 4 heteroatoms. The van der Waals surface area contributed by atoms with Gasteiger partial charge >= 0.3 is 0 Å². The lowest BCUT2D eigenvalue weighted by molar-refractivity contribution is 0.311. The monoisotopic (exact) mass is 255 g/mol. The lowest BCUT2D eigenvalue weighted by Crippen LogP contribution is -2.35. The van der Waals surface area contributed by atoms with Crippen molar-refractivity contribution in [1.29, 1.82) is 0 Å². The number of rotatable bonds is 4. The van der Waals surface area contributed by atoms with Gasteiger partial charge in [0.15, 0.2) is 0 Å². The van der Waals surface area contributed by atoms with E-state index in [1.54, 1.807) is 0 Å². The van der Waals surface area contributed by atoms with Gasteiger partial charge in [0, 0.05) is 37.1 Å². The average Bonchev–Trinajstić information content (AvgIpc) is 2.41. The summed E-state index contributed by atoms with van der Waals surface area (Å²) in [7, 11) is 0. The van der Waals surface area contributed by atoms with Crippen molar-refractivity contribution >= 4 is 17.6 Å². The first-order chi connectivity index (χ1) is 8.36. The van der Waals surface area contributed by atoms with Crippen LogP contribution < -0.4 is 5.73 Å². The topological polar surface area (TPSA) is 41.6 Å². The molecule has 0 spiro atoms. The van der Waals surface area contributed by atoms with Crippen molar-refractivity contribution < 1.29 is 0 Å². The molecule has 0 radical (unpaired) electrons. The Morgan fingerprint density at radius 1 is 1.18 bits per heavy atom. The maximum atomic E-state index is 6.09. The molecule has 0 bridgehead atoms. The molecule has 0 aromatic heterocycles. The minimum atomic E-state index is 0.584. The highest BCUT2D eigenvalue weighted by Gasteiger charge is 2.16. The average molecular weight is 255 g/mol. The SMILES string of the molecule is NC(=NCCN1CCSCC1)C1CCCCC1. The Balaban J connectivity index is 1.67. The van der Waals surface area contributed by atoms with E-state index in [1.807, 2.05) is 0 Å². The molecule has 2 rings (SSSR count). The van der Waals surface area contributed by atoms with Gasteiger partial charge in [-0.05, 0) is 12.8 Å². The van der Waals surface area contributed by atoms with Crippen LogP contribution in [0.1, 0.15) is 32.1 Å². The standard InChI is InChI=1S/C13H25N3S/c14-13(12-4-2-1-3-5-12)15-6-7-16-8-10-17-11-9-16/h12H,1-11H2,(H2,14,15). The first kappa shape index (κ1) is 13.2. The van der Waals surface area contributed by atoms with Gasteiger partial charge < -0.3 is 5.73 Å². The highest BCUT2D eigenvalue weighted by molar-refractivity contribution is 7.99. The molecule has 17 heavy (non-hydrogen) atoms. The third-order valence-corrected chi connectivity index (χ3v) is 4.78. The lowest BCUT2D eigenvalue weighted by atomic mass is 9.88. The summed E-state index contributed by atoms with van der Waals surface area (Å²) in [4.78, 5) is 7.10. The lowest BCUT2D eigenvalue weighted by Gasteiger charge is -2.25. The van der Waals surface area contributed by atoms with Crippen LogP contribution in [0.4, 0.5) is 0 Å². The number of nitrogens with two attached hydrogens (primary N) is 1. The van der Waals surface area contributed by atoms with Crippen molar-refractivity contribution in [2.24, 2.45) is 16.6 Å². The van der Waals surface area contributed by atoms with E-state index in [-0.39, 0.29) is 0 Å². The molecule has 3 nitrogen and oxygen atoms in total. The van der Waals surface area contributed by atoms with Crippen LogP contribution in [0.15, 0.2) is 4.99 Å². The van der Waals surface area contributed by atoms with Crippen LogP contribution in [0.5, 0.6) is 0 Å². The Labute approximate surface area is 109 Å². The van der Waals surface area contributed by atoms with Gasteiger partial charge in [-0.2, -0.15) is 11.8 Å². The Morgan fingerprint density at radius 2 is 1.88 bits per heavy atom. The van der Waals surface area contributed by atoms with Crippen LogP contribution in [0, 0.1) is 5.92 Å². The summed E-state index contributed by atoms with van der Waals surface area (Å²) in [5.41, 5.74) is 6.09. The molecule has 1 heterocycles. The number of aliphatic imine (C=N–C) groups is 1. The van der Waals surface area contributed by atoms with E-state index in [2.05, 4.69) is 21.7 Å². The van der Waals surface area contributed by atoms with Crippen LogP contribution >= 0.6 is 11.8 Å². The third kappa shape index (κ3) is 4.51. The van der Waals surface area contributed by atoms with Gasteiger partial charge in [-0.15, -0.1) is 0 Å². The number of hydrogen-bond acceptors (Lipinski definition) is 3. The quantitative estimate of drug-likeness (QED) is 0.617. The van der Waals surface area contributed by atoms with Crippen LogP contribution in [0.25, 0.3) is 0 Å². The molecule has 0 amide bonds. The summed E-state index contributed by atoms with van der Waals surface area (Å²) in [6, 6.07) is 0. The van der Waals surface area contributed by atoms with Crippen LogP contribution in [-0.4, -0.2) is 48.4 Å². The zero-order chi connectivity index (χ0) is 11.9. The second-order valence-electron chi connectivity index (χ2n) is 5.10. The molecule has 2 aliphatic rings. The van der Waals surface area contributed by atoms with Crippen molar-refractivity contribution in [1.82, 2.24) is 4.90 Å². The molecular formula is C13H25N3S. The van der Waals surface area contributed by atoms with E-state index >= 15 is 0 Å². The fraction of sp³-hybridized carbons (Fsp3) is 0.923. The number of nitrogens with zero attached hydrogens (tertiary/aromatic N) is 2. The summed E-state index contributed by atoms with van der Waals surface area (Å²) in [5, 5.41) is 0. The smallest absolute Gasteiger partial charge is 0.0968 e. The van der Waals surface area contributed by atoms with E-state index in [1.165, 1.54) is 56.7 Å². The third-order valence-electron chi connectivity index (χ3n) is 3.84. The van der Waals surface area contributed by atoms with Crippen molar-refractivity contribution in [2.75, 3.05) is 37.7 Å². The van der Waals surface area contributed by atoms with Crippen LogP contribution in [0.2, 0.25) is 0 Å². The predicted octanol–water partition coefficient (Wildman–Crippen LogP) is 1.97. The van der Waals surface area contributed by atoms with Crippen LogP contribution in [-0.2, 0) is 0 Å². The second-order valence-corrected chi connectivity index (χ2v) is 6.32. The molecular weight excluding hydrogens is 230 g/mol. The minimum absolute atomic E-state index is 0.584. The highest BCUT2D eigenvalue weighted by Crippen LogP contribution is 2.23. The molecule has 1 saturated carbocycles. The van der Waals surface area contributed by atoms with Crippen molar-refractivity contribution in [3.05, 3.63) is 0 Å². The van der Waals surface area contributed by atoms with Crippen molar-refractivity contribution in [3.63, 3.8) is 0 Å². The number of amidine groups is 1. The molecule has 1 saturated heterocycles. The first-order valence-corrected chi connectivity index (χ1v) is 8.11. The fourth-order valence-corrected chi connectivity index (χ4v) is 3.65. The van der Waals surface area contributed by atoms with Crippen LogP contribution in [0.3, 0.4) is 0 Å². The Morgan fingerprint density at radius 3 is 2.59 bits per heavy atom. The number of thioether (sulfide) groups is 1. The fourth-order valence-electron chi connectivity index (χ4n) is 2.67. The molecule has 0 aromatic carbocycles. The summed E-state index contributed by atoms with van der Waals surface area (Å²) >= 11 is 2.06. The van der Waals surface area contributed by atoms with E-state index in [0.29, 0.717) is 5.92 Å². The molecule has 0 aromatic rings. The normalized spacial score (nSPS) is 25.1. The molecule has 2 fully saturated rings. The summed E-state index contributed by atoms with van der Waals surface area (Å²) in [6.07, 6.45) is 6.58. The van der Waals surface area contributed by atoms with Gasteiger partial charge in [0.2, 0.25) is 0 Å². The Hall–Kier alpha value is -0.220. The van der Waals surface area contributed by atoms with E-state index in [0.717, 1.165) is 18.9 Å².